The van der Waals surface area contributed by atoms with Crippen molar-refractivity contribution in [3.8, 4) is 0 Å². The molecule has 1 saturated heterocycles. The van der Waals surface area contributed by atoms with Gasteiger partial charge in [-0.15, -0.1) is 0 Å². The molecule has 0 radical (unpaired) electrons. The van der Waals surface area contributed by atoms with E-state index < -0.39 is 5.60 Å². The summed E-state index contributed by atoms with van der Waals surface area (Å²) in [5.41, 5.74) is 1.67. The summed E-state index contributed by atoms with van der Waals surface area (Å²) in [5, 5.41) is 14.3. The molecule has 23 heavy (non-hydrogen) atoms. The summed E-state index contributed by atoms with van der Waals surface area (Å²) in [6, 6.07) is 7.52. The van der Waals surface area contributed by atoms with E-state index in [1.807, 2.05) is 31.2 Å². The molecular weight excluding hydrogens is 290 g/mol. The molecule has 2 amide bonds. The van der Waals surface area contributed by atoms with Crippen LogP contribution in [-0.2, 0) is 0 Å². The second-order valence-corrected chi connectivity index (χ2v) is 6.82. The van der Waals surface area contributed by atoms with Gasteiger partial charge in [0.2, 0.25) is 0 Å². The number of aliphatic hydroxyl groups is 1. The molecule has 2 heterocycles. The number of urea groups is 1. The summed E-state index contributed by atoms with van der Waals surface area (Å²) in [6.07, 6.45) is 3.46. The number of carbonyl (C=O) groups excluding carboxylic acids is 1. The van der Waals surface area contributed by atoms with Crippen molar-refractivity contribution in [1.82, 2.24) is 9.88 Å². The first-order valence-electron chi connectivity index (χ1n) is 8.01. The maximum Gasteiger partial charge on any atom is 0.322 e. The fourth-order valence-corrected chi connectivity index (χ4v) is 3.37. The van der Waals surface area contributed by atoms with Gasteiger partial charge in [0.25, 0.3) is 0 Å². The molecule has 5 heteroatoms. The van der Waals surface area contributed by atoms with Crippen LogP contribution < -0.4 is 5.32 Å². The van der Waals surface area contributed by atoms with Gasteiger partial charge in [0.1, 0.15) is 0 Å². The number of hydrogen-bond donors (Lipinski definition) is 2. The topological polar surface area (TPSA) is 65.5 Å². The van der Waals surface area contributed by atoms with Gasteiger partial charge in [-0.1, -0.05) is 6.07 Å². The van der Waals surface area contributed by atoms with Crippen LogP contribution in [-0.4, -0.2) is 39.2 Å². The van der Waals surface area contributed by atoms with Crippen molar-refractivity contribution < 1.29 is 9.90 Å². The number of hydrogen-bond acceptors (Lipinski definition) is 3. The highest BCUT2D eigenvalue weighted by Gasteiger charge is 2.38. The molecule has 3 rings (SSSR count). The Morgan fingerprint density at radius 1 is 1.43 bits per heavy atom. The van der Waals surface area contributed by atoms with E-state index in [0.717, 1.165) is 29.3 Å². The minimum Gasteiger partial charge on any atom is -0.388 e. The van der Waals surface area contributed by atoms with Gasteiger partial charge in [-0.2, -0.15) is 0 Å². The lowest BCUT2D eigenvalue weighted by Crippen LogP contribution is -2.49. The zero-order chi connectivity index (χ0) is 16.6. The van der Waals surface area contributed by atoms with Crippen molar-refractivity contribution in [2.45, 2.75) is 45.3 Å². The molecular formula is C18H23N3O2. The molecule has 2 N–H and O–H groups in total. The summed E-state index contributed by atoms with van der Waals surface area (Å²) in [7, 11) is 0. The van der Waals surface area contributed by atoms with Crippen LogP contribution in [0.2, 0.25) is 0 Å². The number of fused-ring (bicyclic) bond motifs is 1. The molecule has 1 fully saturated rings. The van der Waals surface area contributed by atoms with Crippen LogP contribution in [0.5, 0.6) is 0 Å². The van der Waals surface area contributed by atoms with Crippen LogP contribution in [0.25, 0.3) is 10.9 Å². The Labute approximate surface area is 136 Å². The lowest BCUT2D eigenvalue weighted by molar-refractivity contribution is 0.0117. The van der Waals surface area contributed by atoms with Crippen LogP contribution in [0.1, 0.15) is 32.3 Å². The van der Waals surface area contributed by atoms with Gasteiger partial charge in [-0.05, 0) is 57.4 Å². The predicted molar refractivity (Wildman–Crippen MR) is 91.5 cm³/mol. The maximum absolute atomic E-state index is 12.7. The number of aromatic nitrogens is 1. The lowest BCUT2D eigenvalue weighted by Gasteiger charge is -2.33. The molecule has 0 saturated carbocycles. The molecule has 2 aromatic rings. The molecule has 1 aliphatic heterocycles. The minimum atomic E-state index is -0.902. The number of likely N-dealkylation sites (tertiary alicyclic amines) is 1. The predicted octanol–water partition coefficient (Wildman–Crippen LogP) is 3.31. The fourth-order valence-electron chi connectivity index (χ4n) is 3.37. The standard InChI is InChI=1S/C18H23N3O2/c1-12-10-13-6-4-8-19-16(13)14(11-12)20-17(22)21-9-5-7-15(21)18(2,3)23/h4,6,8,10-11,15,23H,5,7,9H2,1-3H3,(H,20,22)/t15-/m0/s1. The van der Waals surface area contributed by atoms with E-state index in [2.05, 4.69) is 10.3 Å². The average molecular weight is 313 g/mol. The lowest BCUT2D eigenvalue weighted by atomic mass is 9.97. The van der Waals surface area contributed by atoms with Crippen molar-refractivity contribution >= 4 is 22.6 Å². The smallest absolute Gasteiger partial charge is 0.322 e. The second-order valence-electron chi connectivity index (χ2n) is 6.82. The number of rotatable bonds is 2. The SMILES string of the molecule is Cc1cc(NC(=O)N2CCC[C@H]2C(C)(C)O)c2ncccc2c1. The van der Waals surface area contributed by atoms with Gasteiger partial charge in [0.05, 0.1) is 22.8 Å². The third kappa shape index (κ3) is 3.15. The van der Waals surface area contributed by atoms with E-state index in [-0.39, 0.29) is 12.1 Å². The normalized spacial score (nSPS) is 18.4. The van der Waals surface area contributed by atoms with Crippen LogP contribution in [0.3, 0.4) is 0 Å². The van der Waals surface area contributed by atoms with Crippen molar-refractivity contribution in [2.75, 3.05) is 11.9 Å². The summed E-state index contributed by atoms with van der Waals surface area (Å²) in [5.74, 6) is 0. The van der Waals surface area contributed by atoms with Gasteiger partial charge in [0.15, 0.2) is 0 Å². The van der Waals surface area contributed by atoms with Crippen molar-refractivity contribution in [2.24, 2.45) is 0 Å². The molecule has 1 aromatic heterocycles. The highest BCUT2D eigenvalue weighted by atomic mass is 16.3. The number of nitrogens with zero attached hydrogens (tertiary/aromatic N) is 2. The van der Waals surface area contributed by atoms with Gasteiger partial charge < -0.3 is 15.3 Å². The number of benzene rings is 1. The quantitative estimate of drug-likeness (QED) is 0.894. The van der Waals surface area contributed by atoms with Crippen LogP contribution in [0.4, 0.5) is 10.5 Å². The number of anilines is 1. The average Bonchev–Trinajstić information content (AvgIpc) is 2.96. The summed E-state index contributed by atoms with van der Waals surface area (Å²) in [6.45, 7) is 6.18. The Balaban J connectivity index is 1.89. The molecule has 1 atom stereocenters. The zero-order valence-electron chi connectivity index (χ0n) is 13.8. The maximum atomic E-state index is 12.7. The number of pyridine rings is 1. The Bertz CT molecular complexity index is 737. The zero-order valence-corrected chi connectivity index (χ0v) is 13.8. The number of amides is 2. The monoisotopic (exact) mass is 313 g/mol. The van der Waals surface area contributed by atoms with Gasteiger partial charge in [0, 0.05) is 18.1 Å². The van der Waals surface area contributed by atoms with Gasteiger partial charge >= 0.3 is 6.03 Å². The Morgan fingerprint density at radius 3 is 2.96 bits per heavy atom. The molecule has 0 spiro atoms. The second kappa shape index (κ2) is 5.81. The van der Waals surface area contributed by atoms with Gasteiger partial charge in [-0.25, -0.2) is 4.79 Å². The molecule has 0 bridgehead atoms. The van der Waals surface area contributed by atoms with Crippen molar-refractivity contribution in [1.29, 1.82) is 0 Å². The van der Waals surface area contributed by atoms with Crippen LogP contribution >= 0.6 is 0 Å². The Hall–Kier alpha value is -2.14. The van der Waals surface area contributed by atoms with Gasteiger partial charge in [-0.3, -0.25) is 4.98 Å². The summed E-state index contributed by atoms with van der Waals surface area (Å²) < 4.78 is 0. The van der Waals surface area contributed by atoms with Crippen molar-refractivity contribution in [3.63, 3.8) is 0 Å². The van der Waals surface area contributed by atoms with Crippen molar-refractivity contribution in [3.05, 3.63) is 36.0 Å². The summed E-state index contributed by atoms with van der Waals surface area (Å²) >= 11 is 0. The van der Waals surface area contributed by atoms with E-state index >= 15 is 0 Å². The first kappa shape index (κ1) is 15.7. The van der Waals surface area contributed by atoms with Crippen LogP contribution in [0.15, 0.2) is 30.5 Å². The molecule has 0 unspecified atom stereocenters. The molecule has 0 aliphatic carbocycles. The molecule has 5 nitrogen and oxygen atoms in total. The Kier molecular flexibility index (Phi) is 3.98. The largest absolute Gasteiger partial charge is 0.388 e. The fraction of sp³-hybridized carbons (Fsp3) is 0.444. The highest BCUT2D eigenvalue weighted by Crippen LogP contribution is 2.29. The van der Waals surface area contributed by atoms with E-state index in [4.69, 9.17) is 0 Å². The molecule has 1 aromatic carbocycles. The number of aryl methyl sites for hydroxylation is 1. The molecule has 1 aliphatic rings. The third-order valence-electron chi connectivity index (χ3n) is 4.42. The molecule has 122 valence electrons. The minimum absolute atomic E-state index is 0.161. The summed E-state index contributed by atoms with van der Waals surface area (Å²) in [4.78, 5) is 18.8. The Morgan fingerprint density at radius 2 is 2.22 bits per heavy atom. The highest BCUT2D eigenvalue weighted by molar-refractivity contribution is 6.00. The van der Waals surface area contributed by atoms with E-state index in [1.165, 1.54) is 0 Å². The third-order valence-corrected chi connectivity index (χ3v) is 4.42. The first-order valence-corrected chi connectivity index (χ1v) is 8.01. The van der Waals surface area contributed by atoms with E-state index in [0.29, 0.717) is 12.2 Å². The number of carbonyl (C=O) groups is 1. The van der Waals surface area contributed by atoms with Crippen LogP contribution in [0, 0.1) is 6.92 Å². The number of nitrogens with one attached hydrogen (secondary N) is 1. The van der Waals surface area contributed by atoms with E-state index in [9.17, 15) is 9.90 Å². The van der Waals surface area contributed by atoms with E-state index in [1.54, 1.807) is 24.9 Å². The first-order chi connectivity index (χ1) is 10.9.